The molecule has 0 radical (unpaired) electrons. The topological polar surface area (TPSA) is 28.2 Å². The molecule has 3 aromatic rings. The molecule has 1 N–H and O–H groups in total. The van der Waals surface area contributed by atoms with Crippen molar-refractivity contribution in [1.82, 2.24) is 9.88 Å². The summed E-state index contributed by atoms with van der Waals surface area (Å²) in [6.45, 7) is 3.18. The van der Waals surface area contributed by atoms with Gasteiger partial charge >= 0.3 is 0 Å². The van der Waals surface area contributed by atoms with E-state index < -0.39 is 0 Å². The van der Waals surface area contributed by atoms with E-state index in [0.29, 0.717) is 0 Å². The largest absolute Gasteiger partial charge is 0.373 e. The second-order valence-corrected chi connectivity index (χ2v) is 7.57. The highest BCUT2D eigenvalue weighted by Crippen LogP contribution is 2.37. The number of para-hydroxylation sites is 1. The van der Waals surface area contributed by atoms with Crippen LogP contribution in [-0.2, 0) is 12.1 Å². The molecule has 3 nitrogen and oxygen atoms in total. The van der Waals surface area contributed by atoms with Crippen LogP contribution in [0.3, 0.4) is 0 Å². The van der Waals surface area contributed by atoms with Gasteiger partial charge in [0.1, 0.15) is 5.01 Å². The van der Waals surface area contributed by atoms with Crippen molar-refractivity contribution in [2.24, 2.45) is 0 Å². The van der Waals surface area contributed by atoms with Crippen LogP contribution in [0.5, 0.6) is 0 Å². The predicted molar refractivity (Wildman–Crippen MR) is 105 cm³/mol. The lowest BCUT2D eigenvalue weighted by Crippen LogP contribution is -2.46. The van der Waals surface area contributed by atoms with E-state index in [2.05, 4.69) is 81.2 Å². The van der Waals surface area contributed by atoms with E-state index in [9.17, 15) is 0 Å². The van der Waals surface area contributed by atoms with E-state index in [-0.39, 0.29) is 5.54 Å². The van der Waals surface area contributed by atoms with Crippen molar-refractivity contribution in [3.63, 3.8) is 0 Å². The van der Waals surface area contributed by atoms with Crippen molar-refractivity contribution in [3.8, 4) is 0 Å². The van der Waals surface area contributed by atoms with Gasteiger partial charge in [-0.1, -0.05) is 48.5 Å². The zero-order chi connectivity index (χ0) is 17.0. The highest BCUT2D eigenvalue weighted by molar-refractivity contribution is 7.09. The summed E-state index contributed by atoms with van der Waals surface area (Å²) >= 11 is 1.76. The molecule has 2 aromatic carbocycles. The van der Waals surface area contributed by atoms with Crippen LogP contribution in [0.15, 0.2) is 72.2 Å². The third kappa shape index (κ3) is 3.75. The molecule has 1 aliphatic heterocycles. The lowest BCUT2D eigenvalue weighted by molar-refractivity contribution is 0.166. The van der Waals surface area contributed by atoms with Gasteiger partial charge in [0.05, 0.1) is 5.54 Å². The minimum atomic E-state index is -0.0529. The van der Waals surface area contributed by atoms with Crippen molar-refractivity contribution < 1.29 is 0 Å². The highest BCUT2D eigenvalue weighted by atomic mass is 32.1. The molecule has 0 bridgehead atoms. The molecular formula is C21H23N3S. The van der Waals surface area contributed by atoms with Gasteiger partial charge in [-0.2, -0.15) is 0 Å². The Bertz CT molecular complexity index is 763. The van der Waals surface area contributed by atoms with Gasteiger partial charge in [-0.25, -0.2) is 4.98 Å². The molecule has 0 unspecified atom stereocenters. The molecule has 4 heteroatoms. The monoisotopic (exact) mass is 349 g/mol. The van der Waals surface area contributed by atoms with Crippen LogP contribution in [0, 0.1) is 0 Å². The fraction of sp³-hybridized carbons (Fsp3) is 0.286. The van der Waals surface area contributed by atoms with Crippen molar-refractivity contribution >= 4 is 17.0 Å². The number of aromatic nitrogens is 1. The SMILES string of the molecule is c1ccc(CN2CCC(Nc3ccccc3)(c3nccs3)CC2)cc1. The molecular weight excluding hydrogens is 326 g/mol. The molecule has 1 aromatic heterocycles. The van der Waals surface area contributed by atoms with Crippen LogP contribution in [-0.4, -0.2) is 23.0 Å². The van der Waals surface area contributed by atoms with Gasteiger partial charge in [0.2, 0.25) is 0 Å². The minimum Gasteiger partial charge on any atom is -0.373 e. The molecule has 1 saturated heterocycles. The number of anilines is 1. The average Bonchev–Trinajstić information content (AvgIpc) is 3.21. The number of thiazole rings is 1. The Morgan fingerprint density at radius 2 is 1.64 bits per heavy atom. The Morgan fingerprint density at radius 1 is 0.960 bits per heavy atom. The molecule has 4 rings (SSSR count). The summed E-state index contributed by atoms with van der Waals surface area (Å²) in [5.41, 5.74) is 2.51. The maximum absolute atomic E-state index is 4.65. The Hall–Kier alpha value is -2.17. The van der Waals surface area contributed by atoms with Crippen molar-refractivity contribution in [2.45, 2.75) is 24.9 Å². The standard InChI is InChI=1S/C21H23N3S/c1-3-7-18(8-4-1)17-24-14-11-21(12-15-24,20-22-13-16-25-20)23-19-9-5-2-6-10-19/h1-10,13,16,23H,11-12,14-15,17H2. The first-order valence-electron chi connectivity index (χ1n) is 8.84. The lowest BCUT2D eigenvalue weighted by atomic mass is 9.87. The summed E-state index contributed by atoms with van der Waals surface area (Å²) in [6.07, 6.45) is 4.06. The van der Waals surface area contributed by atoms with Gasteiger partial charge in [-0.3, -0.25) is 4.90 Å². The number of benzene rings is 2. The molecule has 0 atom stereocenters. The summed E-state index contributed by atoms with van der Waals surface area (Å²) < 4.78 is 0. The van der Waals surface area contributed by atoms with Crippen LogP contribution in [0.1, 0.15) is 23.4 Å². The first-order valence-corrected chi connectivity index (χ1v) is 9.72. The predicted octanol–water partition coefficient (Wildman–Crippen LogP) is 4.75. The average molecular weight is 350 g/mol. The van der Waals surface area contributed by atoms with E-state index in [1.54, 1.807) is 11.3 Å². The number of hydrogen-bond donors (Lipinski definition) is 1. The molecule has 2 heterocycles. The quantitative estimate of drug-likeness (QED) is 0.721. The third-order valence-corrected chi connectivity index (χ3v) is 5.93. The van der Waals surface area contributed by atoms with Crippen molar-refractivity contribution in [2.75, 3.05) is 18.4 Å². The van der Waals surface area contributed by atoms with E-state index in [1.165, 1.54) is 16.3 Å². The summed E-state index contributed by atoms with van der Waals surface area (Å²) in [7, 11) is 0. The summed E-state index contributed by atoms with van der Waals surface area (Å²) in [4.78, 5) is 7.20. The number of rotatable bonds is 5. The smallest absolute Gasteiger partial charge is 0.118 e. The molecule has 128 valence electrons. The van der Waals surface area contributed by atoms with E-state index >= 15 is 0 Å². The molecule has 1 fully saturated rings. The van der Waals surface area contributed by atoms with E-state index in [0.717, 1.165) is 32.5 Å². The van der Waals surface area contributed by atoms with Crippen LogP contribution in [0.4, 0.5) is 5.69 Å². The van der Waals surface area contributed by atoms with E-state index in [1.807, 2.05) is 6.20 Å². The Labute approximate surface area is 153 Å². The maximum atomic E-state index is 4.65. The van der Waals surface area contributed by atoms with Crippen molar-refractivity contribution in [3.05, 3.63) is 82.8 Å². The van der Waals surface area contributed by atoms with Gasteiger partial charge in [-0.15, -0.1) is 11.3 Å². The second-order valence-electron chi connectivity index (χ2n) is 6.67. The van der Waals surface area contributed by atoms with Gasteiger partial charge in [0.15, 0.2) is 0 Å². The fourth-order valence-corrected chi connectivity index (χ4v) is 4.44. The molecule has 0 spiro atoms. The maximum Gasteiger partial charge on any atom is 0.118 e. The Balaban J connectivity index is 1.50. The molecule has 0 saturated carbocycles. The lowest BCUT2D eigenvalue weighted by Gasteiger charge is -2.42. The van der Waals surface area contributed by atoms with Gasteiger partial charge in [-0.05, 0) is 30.5 Å². The number of hydrogen-bond acceptors (Lipinski definition) is 4. The Morgan fingerprint density at radius 3 is 2.28 bits per heavy atom. The summed E-state index contributed by atoms with van der Waals surface area (Å²) in [5, 5.41) is 7.09. The van der Waals surface area contributed by atoms with Crippen LogP contribution in [0.2, 0.25) is 0 Å². The first-order chi connectivity index (χ1) is 12.3. The molecule has 25 heavy (non-hydrogen) atoms. The van der Waals surface area contributed by atoms with Crippen LogP contribution >= 0.6 is 11.3 Å². The van der Waals surface area contributed by atoms with Crippen molar-refractivity contribution in [1.29, 1.82) is 0 Å². The summed E-state index contributed by atoms with van der Waals surface area (Å²) in [5.74, 6) is 0. The highest BCUT2D eigenvalue weighted by Gasteiger charge is 2.38. The molecule has 0 aliphatic carbocycles. The number of likely N-dealkylation sites (tertiary alicyclic amines) is 1. The van der Waals surface area contributed by atoms with Crippen LogP contribution in [0.25, 0.3) is 0 Å². The fourth-order valence-electron chi connectivity index (χ4n) is 3.58. The second kappa shape index (κ2) is 7.38. The van der Waals surface area contributed by atoms with Gasteiger partial charge in [0.25, 0.3) is 0 Å². The molecule has 1 aliphatic rings. The normalized spacial score (nSPS) is 17.3. The zero-order valence-corrected chi connectivity index (χ0v) is 15.1. The Kier molecular flexibility index (Phi) is 4.81. The van der Waals surface area contributed by atoms with E-state index in [4.69, 9.17) is 0 Å². The first kappa shape index (κ1) is 16.3. The zero-order valence-electron chi connectivity index (χ0n) is 14.3. The number of nitrogens with zero attached hydrogens (tertiary/aromatic N) is 2. The third-order valence-electron chi connectivity index (χ3n) is 4.96. The summed E-state index contributed by atoms with van der Waals surface area (Å²) in [6, 6.07) is 21.3. The minimum absolute atomic E-state index is 0.0529. The number of nitrogens with one attached hydrogen (secondary N) is 1. The molecule has 0 amide bonds. The van der Waals surface area contributed by atoms with Gasteiger partial charge < -0.3 is 5.32 Å². The van der Waals surface area contributed by atoms with Gasteiger partial charge in [0, 0.05) is 36.9 Å². The van der Waals surface area contributed by atoms with Crippen LogP contribution < -0.4 is 5.32 Å². The number of piperidine rings is 1.